The molecule has 1 fully saturated rings. The van der Waals surface area contributed by atoms with Crippen LogP contribution < -0.4 is 10.2 Å². The van der Waals surface area contributed by atoms with Gasteiger partial charge in [-0.2, -0.15) is 0 Å². The van der Waals surface area contributed by atoms with E-state index in [4.69, 9.17) is 4.98 Å². The van der Waals surface area contributed by atoms with E-state index < -0.39 is 6.09 Å². The molecule has 5 rings (SSSR count). The molecule has 30 heavy (non-hydrogen) atoms. The maximum Gasteiger partial charge on any atom is 0.412 e. The normalized spacial score (nSPS) is 21.6. The summed E-state index contributed by atoms with van der Waals surface area (Å²) in [5.41, 5.74) is 5.22. The third-order valence-corrected chi connectivity index (χ3v) is 6.57. The van der Waals surface area contributed by atoms with Crippen LogP contribution in [-0.4, -0.2) is 39.9 Å². The number of aryl methyl sites for hydroxylation is 1. The molecule has 0 bridgehead atoms. The summed E-state index contributed by atoms with van der Waals surface area (Å²) in [6.07, 6.45) is 3.87. The highest BCUT2D eigenvalue weighted by Gasteiger charge is 2.31. The zero-order valence-electron chi connectivity index (χ0n) is 17.3. The number of carbonyl (C=O) groups is 1. The van der Waals surface area contributed by atoms with Crippen molar-refractivity contribution in [2.45, 2.75) is 51.1 Å². The van der Waals surface area contributed by atoms with Crippen molar-refractivity contribution < 1.29 is 9.90 Å². The molecule has 2 aromatic carbocycles. The molecule has 0 spiro atoms. The number of piperidine rings is 1. The average Bonchev–Trinajstić information content (AvgIpc) is 3.12. The predicted octanol–water partition coefficient (Wildman–Crippen LogP) is 4.37. The van der Waals surface area contributed by atoms with Gasteiger partial charge in [-0.15, -0.1) is 0 Å². The van der Waals surface area contributed by atoms with Gasteiger partial charge in [0.2, 0.25) is 0 Å². The number of hydrogen-bond acceptors (Lipinski definition) is 3. The largest absolute Gasteiger partial charge is 0.465 e. The molecular weight excluding hydrogens is 376 g/mol. The molecule has 3 aromatic rings. The minimum Gasteiger partial charge on any atom is -0.465 e. The van der Waals surface area contributed by atoms with Crippen molar-refractivity contribution in [3.05, 3.63) is 59.4 Å². The molecule has 2 unspecified atom stereocenters. The fourth-order valence-electron chi connectivity index (χ4n) is 5.10. The van der Waals surface area contributed by atoms with E-state index >= 15 is 0 Å². The molecule has 0 radical (unpaired) electrons. The van der Waals surface area contributed by atoms with E-state index in [0.717, 1.165) is 73.3 Å². The summed E-state index contributed by atoms with van der Waals surface area (Å²) >= 11 is 0. The fourth-order valence-corrected chi connectivity index (χ4v) is 5.10. The average molecular weight is 405 g/mol. The van der Waals surface area contributed by atoms with Gasteiger partial charge in [-0.05, 0) is 56.8 Å². The van der Waals surface area contributed by atoms with E-state index in [0.29, 0.717) is 6.04 Å². The highest BCUT2D eigenvalue weighted by molar-refractivity contribution is 5.94. The van der Waals surface area contributed by atoms with Crippen LogP contribution in [0, 0.1) is 0 Å². The number of benzene rings is 2. The lowest BCUT2D eigenvalue weighted by molar-refractivity contribution is 0.198. The molecule has 156 valence electrons. The van der Waals surface area contributed by atoms with Gasteiger partial charge < -0.3 is 15.0 Å². The third-order valence-electron chi connectivity index (χ3n) is 6.57. The molecule has 6 heteroatoms. The summed E-state index contributed by atoms with van der Waals surface area (Å²) in [5.74, 6) is 1.07. The Hall–Kier alpha value is -2.86. The maximum atomic E-state index is 11.9. The first-order valence-electron chi connectivity index (χ1n) is 10.9. The molecule has 2 aliphatic heterocycles. The van der Waals surface area contributed by atoms with E-state index in [1.165, 1.54) is 10.5 Å². The number of aromatic nitrogens is 2. The molecule has 3 heterocycles. The van der Waals surface area contributed by atoms with Gasteiger partial charge in [0.1, 0.15) is 5.82 Å². The van der Waals surface area contributed by atoms with Crippen LogP contribution in [0.3, 0.4) is 0 Å². The van der Waals surface area contributed by atoms with Crippen molar-refractivity contribution >= 4 is 22.8 Å². The van der Waals surface area contributed by atoms with Crippen molar-refractivity contribution in [1.82, 2.24) is 14.9 Å². The Morgan fingerprint density at radius 1 is 1.20 bits per heavy atom. The Balaban J connectivity index is 1.67. The smallest absolute Gasteiger partial charge is 0.412 e. The number of imidazole rings is 1. The summed E-state index contributed by atoms with van der Waals surface area (Å²) < 4.78 is 2.41. The van der Waals surface area contributed by atoms with Crippen LogP contribution in [-0.2, 0) is 12.8 Å². The fraction of sp³-hybridized carbons (Fsp3) is 0.417. The van der Waals surface area contributed by atoms with Crippen LogP contribution in [0.2, 0.25) is 0 Å². The molecule has 1 saturated heterocycles. The van der Waals surface area contributed by atoms with Crippen LogP contribution in [0.5, 0.6) is 0 Å². The van der Waals surface area contributed by atoms with Crippen LogP contribution >= 0.6 is 0 Å². The van der Waals surface area contributed by atoms with Crippen molar-refractivity contribution in [2.24, 2.45) is 0 Å². The lowest BCUT2D eigenvalue weighted by Crippen LogP contribution is -2.41. The molecule has 2 atom stereocenters. The number of hydrogen-bond donors (Lipinski definition) is 2. The summed E-state index contributed by atoms with van der Waals surface area (Å²) in [6, 6.07) is 14.9. The number of nitrogens with zero attached hydrogens (tertiary/aromatic N) is 3. The number of nitrogens with one attached hydrogen (secondary N) is 1. The second-order valence-electron chi connectivity index (χ2n) is 8.53. The van der Waals surface area contributed by atoms with Crippen LogP contribution in [0.1, 0.15) is 49.2 Å². The van der Waals surface area contributed by atoms with Gasteiger partial charge in [-0.3, -0.25) is 4.90 Å². The quantitative estimate of drug-likeness (QED) is 0.680. The topological polar surface area (TPSA) is 70.4 Å². The van der Waals surface area contributed by atoms with Crippen LogP contribution in [0.15, 0.2) is 42.5 Å². The van der Waals surface area contributed by atoms with Gasteiger partial charge in [0.15, 0.2) is 0 Å². The molecule has 6 nitrogen and oxygen atoms in total. The highest BCUT2D eigenvalue weighted by atomic mass is 16.4. The summed E-state index contributed by atoms with van der Waals surface area (Å²) in [5, 5.41) is 13.3. The van der Waals surface area contributed by atoms with Gasteiger partial charge in [0.05, 0.1) is 16.7 Å². The Morgan fingerprint density at radius 3 is 2.77 bits per heavy atom. The first-order chi connectivity index (χ1) is 14.6. The zero-order chi connectivity index (χ0) is 20.7. The van der Waals surface area contributed by atoms with Crippen LogP contribution in [0.4, 0.5) is 10.5 Å². The number of anilines is 1. The summed E-state index contributed by atoms with van der Waals surface area (Å²) in [4.78, 5) is 18.6. The SMILES string of the molecule is CC1CCc2c(ccc3c2nc(Cc2ccccc2)n3C2CCCNC2)N1C(=O)O. The number of carboxylic acid groups (broad SMARTS) is 1. The third kappa shape index (κ3) is 3.25. The van der Waals surface area contributed by atoms with E-state index in [1.807, 2.05) is 19.1 Å². The summed E-state index contributed by atoms with van der Waals surface area (Å²) in [7, 11) is 0. The Bertz CT molecular complexity index is 1070. The molecule has 1 amide bonds. The van der Waals surface area contributed by atoms with Crippen molar-refractivity contribution in [1.29, 1.82) is 0 Å². The minimum absolute atomic E-state index is 0.0131. The maximum absolute atomic E-state index is 11.9. The van der Waals surface area contributed by atoms with Crippen molar-refractivity contribution in [3.8, 4) is 0 Å². The van der Waals surface area contributed by atoms with Gasteiger partial charge in [-0.1, -0.05) is 30.3 Å². The van der Waals surface area contributed by atoms with Crippen LogP contribution in [0.25, 0.3) is 11.0 Å². The zero-order valence-corrected chi connectivity index (χ0v) is 17.3. The first-order valence-corrected chi connectivity index (χ1v) is 10.9. The lowest BCUT2D eigenvalue weighted by atomic mass is 9.95. The standard InChI is InChI=1S/C24H28N4O2/c1-16-9-10-19-20(27(16)24(29)30)11-12-21-23(19)26-22(14-17-6-3-2-4-7-17)28(21)18-8-5-13-25-15-18/h2-4,6-7,11-12,16,18,25H,5,8-10,13-15H2,1H3,(H,29,30). The molecule has 1 aromatic heterocycles. The number of rotatable bonds is 3. The molecule has 0 saturated carbocycles. The van der Waals surface area contributed by atoms with Gasteiger partial charge >= 0.3 is 6.09 Å². The Kier molecular flexibility index (Phi) is 4.95. The molecule has 2 N–H and O–H groups in total. The van der Waals surface area contributed by atoms with E-state index in [9.17, 15) is 9.90 Å². The second kappa shape index (κ2) is 7.76. The van der Waals surface area contributed by atoms with Crippen molar-refractivity contribution in [3.63, 3.8) is 0 Å². The highest BCUT2D eigenvalue weighted by Crippen LogP contribution is 2.38. The number of amides is 1. The second-order valence-corrected chi connectivity index (χ2v) is 8.53. The molecule has 0 aliphatic carbocycles. The Morgan fingerprint density at radius 2 is 2.03 bits per heavy atom. The first kappa shape index (κ1) is 19.1. The van der Waals surface area contributed by atoms with Gasteiger partial charge in [0.25, 0.3) is 0 Å². The predicted molar refractivity (Wildman–Crippen MR) is 118 cm³/mol. The minimum atomic E-state index is -0.886. The van der Waals surface area contributed by atoms with E-state index in [2.05, 4.69) is 40.2 Å². The van der Waals surface area contributed by atoms with E-state index in [-0.39, 0.29) is 6.04 Å². The Labute approximate surface area is 176 Å². The van der Waals surface area contributed by atoms with E-state index in [1.54, 1.807) is 0 Å². The molecular formula is C24H28N4O2. The summed E-state index contributed by atoms with van der Waals surface area (Å²) in [6.45, 7) is 4.00. The van der Waals surface area contributed by atoms with Gasteiger partial charge in [-0.25, -0.2) is 9.78 Å². The number of fused-ring (bicyclic) bond motifs is 3. The lowest BCUT2D eigenvalue weighted by Gasteiger charge is -2.33. The monoisotopic (exact) mass is 404 g/mol. The molecule has 2 aliphatic rings. The van der Waals surface area contributed by atoms with Gasteiger partial charge in [0, 0.05) is 30.6 Å². The van der Waals surface area contributed by atoms with Crippen molar-refractivity contribution in [2.75, 3.05) is 18.0 Å².